The van der Waals surface area contributed by atoms with Crippen molar-refractivity contribution in [1.29, 1.82) is 0 Å². The highest BCUT2D eigenvalue weighted by Gasteiger charge is 2.23. The summed E-state index contributed by atoms with van der Waals surface area (Å²) >= 11 is 0. The number of rotatable bonds is 10. The first-order valence-corrected chi connectivity index (χ1v) is 13.1. The molecule has 1 N–H and O–H groups in total. The molecule has 8 nitrogen and oxygen atoms in total. The van der Waals surface area contributed by atoms with Crippen molar-refractivity contribution >= 4 is 27.1 Å². The lowest BCUT2D eigenvalue weighted by Gasteiger charge is -2.23. The van der Waals surface area contributed by atoms with Crippen molar-refractivity contribution in [2.24, 2.45) is 0 Å². The van der Waals surface area contributed by atoms with E-state index in [1.807, 2.05) is 6.07 Å². The summed E-state index contributed by atoms with van der Waals surface area (Å²) in [6, 6.07) is 14.7. The smallest absolute Gasteiger partial charge is 0.240 e. The van der Waals surface area contributed by atoms with Gasteiger partial charge in [0.15, 0.2) is 5.78 Å². The van der Waals surface area contributed by atoms with Gasteiger partial charge in [0.05, 0.1) is 37.0 Å². The number of aromatic nitrogens is 1. The molecule has 0 radical (unpaired) electrons. The Morgan fingerprint density at radius 2 is 1.72 bits per heavy atom. The van der Waals surface area contributed by atoms with E-state index in [0.717, 1.165) is 31.6 Å². The summed E-state index contributed by atoms with van der Waals surface area (Å²) in [7, 11) is -0.633. The maximum atomic E-state index is 13.3. The molecule has 0 aliphatic carbocycles. The number of hydrogen-bond acceptors (Lipinski definition) is 7. The Morgan fingerprint density at radius 3 is 2.33 bits per heavy atom. The van der Waals surface area contributed by atoms with Gasteiger partial charge in [-0.15, -0.1) is 0 Å². The van der Waals surface area contributed by atoms with Gasteiger partial charge in [0.2, 0.25) is 10.0 Å². The first-order valence-electron chi connectivity index (χ1n) is 11.6. The fourth-order valence-corrected chi connectivity index (χ4v) is 5.16. The number of pyridine rings is 1. The zero-order valence-electron chi connectivity index (χ0n) is 20.4. The van der Waals surface area contributed by atoms with E-state index < -0.39 is 10.0 Å². The van der Waals surface area contributed by atoms with Gasteiger partial charge in [-0.25, -0.2) is 13.1 Å². The van der Waals surface area contributed by atoms with Gasteiger partial charge in [-0.2, -0.15) is 0 Å². The second-order valence-electron chi connectivity index (χ2n) is 8.40. The predicted octanol–water partition coefficient (Wildman–Crippen LogP) is 4.07. The Bertz CT molecular complexity index is 1350. The van der Waals surface area contributed by atoms with Crippen molar-refractivity contribution in [3.8, 4) is 11.5 Å². The maximum Gasteiger partial charge on any atom is 0.240 e. The molecule has 1 aliphatic heterocycles. The van der Waals surface area contributed by atoms with Gasteiger partial charge >= 0.3 is 0 Å². The van der Waals surface area contributed by atoms with Crippen LogP contribution in [0.15, 0.2) is 72.3 Å². The highest BCUT2D eigenvalue weighted by molar-refractivity contribution is 7.89. The van der Waals surface area contributed by atoms with Crippen molar-refractivity contribution in [2.45, 2.75) is 24.3 Å². The first-order chi connectivity index (χ1) is 17.3. The molecule has 2 aromatic carbocycles. The molecular weight excluding hydrogens is 478 g/mol. The number of hydrogen-bond donors (Lipinski definition) is 1. The highest BCUT2D eigenvalue weighted by atomic mass is 32.2. The first kappa shape index (κ1) is 25.4. The highest BCUT2D eigenvalue weighted by Crippen LogP contribution is 2.40. The largest absolute Gasteiger partial charge is 0.496 e. The van der Waals surface area contributed by atoms with Crippen molar-refractivity contribution in [1.82, 2.24) is 9.71 Å². The van der Waals surface area contributed by atoms with Crippen LogP contribution in [-0.4, -0.2) is 46.5 Å². The van der Waals surface area contributed by atoms with E-state index in [0.29, 0.717) is 28.3 Å². The number of ether oxygens (including phenoxy) is 2. The van der Waals surface area contributed by atoms with Gasteiger partial charge < -0.3 is 14.4 Å². The van der Waals surface area contributed by atoms with Crippen LogP contribution in [0.5, 0.6) is 11.5 Å². The third-order valence-electron chi connectivity index (χ3n) is 6.14. The van der Waals surface area contributed by atoms with Crippen molar-refractivity contribution < 1.29 is 22.7 Å². The van der Waals surface area contributed by atoms with E-state index in [-0.39, 0.29) is 22.8 Å². The molecule has 1 saturated heterocycles. The minimum absolute atomic E-state index is 0.0546. The van der Waals surface area contributed by atoms with E-state index in [9.17, 15) is 13.2 Å². The van der Waals surface area contributed by atoms with Gasteiger partial charge in [-0.05, 0) is 55.3 Å². The molecule has 1 aromatic heterocycles. The minimum atomic E-state index is -3.77. The molecule has 1 fully saturated rings. The number of benzene rings is 2. The average Bonchev–Trinajstić information content (AvgIpc) is 3.46. The molecule has 0 saturated carbocycles. The fraction of sp³-hybridized carbons (Fsp3) is 0.259. The van der Waals surface area contributed by atoms with E-state index in [4.69, 9.17) is 9.47 Å². The molecule has 188 valence electrons. The second kappa shape index (κ2) is 10.9. The van der Waals surface area contributed by atoms with Crippen LogP contribution < -0.4 is 19.1 Å². The van der Waals surface area contributed by atoms with Crippen molar-refractivity contribution in [3.05, 3.63) is 84.2 Å². The molecule has 0 atom stereocenters. The van der Waals surface area contributed by atoms with Crippen LogP contribution >= 0.6 is 0 Å². The summed E-state index contributed by atoms with van der Waals surface area (Å²) in [5.74, 6) is 0.827. The Hall–Kier alpha value is -3.69. The molecule has 0 amide bonds. The number of allylic oxidation sites excluding steroid dienone is 1. The summed E-state index contributed by atoms with van der Waals surface area (Å²) in [4.78, 5) is 19.7. The van der Waals surface area contributed by atoms with Crippen LogP contribution in [0.1, 0.15) is 34.5 Å². The van der Waals surface area contributed by atoms with Gasteiger partial charge in [-0.1, -0.05) is 12.6 Å². The molecule has 2 heterocycles. The third kappa shape index (κ3) is 5.42. The van der Waals surface area contributed by atoms with Gasteiger partial charge in [0, 0.05) is 42.1 Å². The van der Waals surface area contributed by atoms with Crippen LogP contribution in [0.4, 0.5) is 5.69 Å². The minimum Gasteiger partial charge on any atom is -0.496 e. The number of Topliss-reactive ketones (excluding diaryl/α,β-unsaturated/α-hetero) is 1. The number of carbonyl (C=O) groups is 1. The monoisotopic (exact) mass is 507 g/mol. The summed E-state index contributed by atoms with van der Waals surface area (Å²) < 4.78 is 39.0. The van der Waals surface area contributed by atoms with Crippen LogP contribution in [0.3, 0.4) is 0 Å². The number of anilines is 1. The summed E-state index contributed by atoms with van der Waals surface area (Å²) in [6.07, 6.45) is 3.79. The quantitative estimate of drug-likeness (QED) is 0.326. The summed E-state index contributed by atoms with van der Waals surface area (Å²) in [6.45, 7) is 5.93. The number of nitrogens with one attached hydrogen (secondary N) is 1. The molecule has 36 heavy (non-hydrogen) atoms. The Labute approximate surface area is 211 Å². The van der Waals surface area contributed by atoms with Crippen LogP contribution in [0, 0.1) is 0 Å². The second-order valence-corrected chi connectivity index (χ2v) is 10.2. The zero-order valence-corrected chi connectivity index (χ0v) is 21.2. The molecule has 1 aliphatic rings. The Balaban J connectivity index is 1.55. The lowest BCUT2D eigenvalue weighted by molar-refractivity contribution is 0.105. The number of sulfonamides is 1. The molecule has 3 aromatic rings. The number of methoxy groups -OCH3 is 2. The number of ketones is 1. The molecule has 0 spiro atoms. The lowest BCUT2D eigenvalue weighted by atomic mass is 9.96. The topological polar surface area (TPSA) is 97.8 Å². The van der Waals surface area contributed by atoms with Crippen LogP contribution in [0.2, 0.25) is 0 Å². The fourth-order valence-electron chi connectivity index (χ4n) is 4.16. The van der Waals surface area contributed by atoms with Crippen LogP contribution in [0.25, 0.3) is 5.57 Å². The maximum absolute atomic E-state index is 13.3. The normalized spacial score (nSPS) is 13.4. The standard InChI is InChI=1S/C27H29N3O5S/c1-19(23-16-24(30-14-6-7-15-30)26(35-3)17-25(23)34-2)27(31)20-9-11-22(12-10-20)36(32,33)29-18-21-8-4-5-13-28-21/h4-5,8-13,16-17,29H,1,6-7,14-15,18H2,2-3H3. The average molecular weight is 508 g/mol. The Kier molecular flexibility index (Phi) is 7.71. The SMILES string of the molecule is C=C(C(=O)c1ccc(S(=O)(=O)NCc2ccccn2)cc1)c1cc(N2CCCC2)c(OC)cc1OC. The van der Waals surface area contributed by atoms with Crippen molar-refractivity contribution in [3.63, 3.8) is 0 Å². The molecule has 0 unspecified atom stereocenters. The number of carbonyl (C=O) groups excluding carboxylic acids is 1. The van der Waals surface area contributed by atoms with E-state index in [1.54, 1.807) is 37.6 Å². The van der Waals surface area contributed by atoms with Gasteiger partial charge in [-0.3, -0.25) is 9.78 Å². The lowest BCUT2D eigenvalue weighted by Crippen LogP contribution is -2.23. The predicted molar refractivity (Wildman–Crippen MR) is 139 cm³/mol. The van der Waals surface area contributed by atoms with Gasteiger partial charge in [0.1, 0.15) is 11.5 Å². The third-order valence-corrected chi connectivity index (χ3v) is 7.56. The Morgan fingerprint density at radius 1 is 1.03 bits per heavy atom. The van der Waals surface area contributed by atoms with E-state index in [2.05, 4.69) is 21.2 Å². The molecule has 9 heteroatoms. The van der Waals surface area contributed by atoms with E-state index in [1.165, 1.54) is 31.4 Å². The summed E-state index contributed by atoms with van der Waals surface area (Å²) in [5.41, 5.74) is 2.63. The zero-order chi connectivity index (χ0) is 25.7. The van der Waals surface area contributed by atoms with Crippen molar-refractivity contribution in [2.75, 3.05) is 32.2 Å². The molecule has 4 rings (SSSR count). The van der Waals surface area contributed by atoms with E-state index >= 15 is 0 Å². The summed E-state index contributed by atoms with van der Waals surface area (Å²) in [5, 5.41) is 0. The molecular formula is C27H29N3O5S. The molecule has 0 bridgehead atoms. The number of nitrogens with zero attached hydrogens (tertiary/aromatic N) is 2. The van der Waals surface area contributed by atoms with Crippen LogP contribution in [-0.2, 0) is 16.6 Å². The van der Waals surface area contributed by atoms with Gasteiger partial charge in [0.25, 0.3) is 0 Å².